The molecular weight excluding hydrogens is 322 g/mol. The van der Waals surface area contributed by atoms with Crippen LogP contribution < -0.4 is 4.74 Å². The molecule has 0 bridgehead atoms. The van der Waals surface area contributed by atoms with E-state index in [0.29, 0.717) is 6.61 Å². The summed E-state index contributed by atoms with van der Waals surface area (Å²) in [7, 11) is 1.30. The van der Waals surface area contributed by atoms with Gasteiger partial charge in [-0.1, -0.05) is 12.1 Å². The number of carbonyl (C=O) groups excluding carboxylic acids is 2. The smallest absolute Gasteiger partial charge is 0.307 e. The minimum absolute atomic E-state index is 0.0720. The van der Waals surface area contributed by atoms with Crippen molar-refractivity contribution in [3.05, 3.63) is 35.9 Å². The molecule has 6 heteroatoms. The Balaban J connectivity index is 2.83. The molecule has 1 aromatic carbocycles. The highest BCUT2D eigenvalue weighted by Gasteiger charge is 2.29. The number of methoxy groups -OCH3 is 1. The van der Waals surface area contributed by atoms with Gasteiger partial charge in [-0.3, -0.25) is 9.59 Å². The molecule has 1 rings (SSSR count). The standard InChI is InChI=1S/C19H27NO5/c1-5-25-16-9-6-15(7-10-16)8-11-17(22)20(19(2,3)14-21)13-12-18(23)24-4/h6-11,21H,5,12-14H2,1-4H3/b11-8+. The topological polar surface area (TPSA) is 76.1 Å². The highest BCUT2D eigenvalue weighted by atomic mass is 16.5. The minimum Gasteiger partial charge on any atom is -0.494 e. The number of nitrogens with zero attached hydrogens (tertiary/aromatic N) is 1. The largest absolute Gasteiger partial charge is 0.494 e. The lowest BCUT2D eigenvalue weighted by Gasteiger charge is -2.36. The summed E-state index contributed by atoms with van der Waals surface area (Å²) < 4.78 is 10.00. The van der Waals surface area contributed by atoms with Crippen molar-refractivity contribution in [3.8, 4) is 5.75 Å². The molecule has 6 nitrogen and oxygen atoms in total. The van der Waals surface area contributed by atoms with Gasteiger partial charge in [-0.2, -0.15) is 0 Å². The lowest BCUT2D eigenvalue weighted by Crippen LogP contribution is -2.50. The zero-order valence-electron chi connectivity index (χ0n) is 15.3. The van der Waals surface area contributed by atoms with Crippen LogP contribution >= 0.6 is 0 Å². The van der Waals surface area contributed by atoms with Crippen molar-refractivity contribution in [2.45, 2.75) is 32.7 Å². The van der Waals surface area contributed by atoms with Gasteiger partial charge in [0, 0.05) is 12.6 Å². The van der Waals surface area contributed by atoms with Crippen molar-refractivity contribution < 1.29 is 24.2 Å². The molecule has 1 aromatic rings. The van der Waals surface area contributed by atoms with Gasteiger partial charge in [-0.15, -0.1) is 0 Å². The molecule has 1 amide bonds. The van der Waals surface area contributed by atoms with Crippen LogP contribution in [-0.2, 0) is 14.3 Å². The van der Waals surface area contributed by atoms with Crippen LogP contribution in [0.4, 0.5) is 0 Å². The van der Waals surface area contributed by atoms with Crippen molar-refractivity contribution in [1.82, 2.24) is 4.90 Å². The van der Waals surface area contributed by atoms with E-state index in [2.05, 4.69) is 4.74 Å². The molecule has 0 heterocycles. The number of hydrogen-bond donors (Lipinski definition) is 1. The van der Waals surface area contributed by atoms with E-state index in [1.54, 1.807) is 19.9 Å². The molecule has 0 unspecified atom stereocenters. The lowest BCUT2D eigenvalue weighted by molar-refractivity contribution is -0.142. The second-order valence-corrected chi connectivity index (χ2v) is 6.12. The summed E-state index contributed by atoms with van der Waals surface area (Å²) >= 11 is 0. The molecule has 0 spiro atoms. The average Bonchev–Trinajstić information content (AvgIpc) is 2.61. The van der Waals surface area contributed by atoms with Crippen molar-refractivity contribution in [2.75, 3.05) is 26.9 Å². The van der Waals surface area contributed by atoms with Crippen LogP contribution in [0.2, 0.25) is 0 Å². The maximum absolute atomic E-state index is 12.5. The van der Waals surface area contributed by atoms with Gasteiger partial charge < -0.3 is 19.5 Å². The summed E-state index contributed by atoms with van der Waals surface area (Å²) in [6.07, 6.45) is 3.20. The van der Waals surface area contributed by atoms with Crippen LogP contribution in [0.25, 0.3) is 6.08 Å². The third kappa shape index (κ3) is 6.58. The minimum atomic E-state index is -0.783. The lowest BCUT2D eigenvalue weighted by atomic mass is 10.0. The summed E-state index contributed by atoms with van der Waals surface area (Å²) in [4.78, 5) is 25.4. The molecule has 138 valence electrons. The summed E-state index contributed by atoms with van der Waals surface area (Å²) in [5.74, 6) is 0.0889. The van der Waals surface area contributed by atoms with Gasteiger partial charge >= 0.3 is 5.97 Å². The molecule has 1 N–H and O–H groups in total. The zero-order chi connectivity index (χ0) is 18.9. The van der Waals surface area contributed by atoms with Crippen molar-refractivity contribution in [3.63, 3.8) is 0 Å². The SMILES string of the molecule is CCOc1ccc(/C=C/C(=O)N(CCC(=O)OC)C(C)(C)CO)cc1. The van der Waals surface area contributed by atoms with Gasteiger partial charge in [0.2, 0.25) is 5.91 Å². The van der Waals surface area contributed by atoms with E-state index in [-0.39, 0.29) is 25.5 Å². The Bertz CT molecular complexity index is 592. The van der Waals surface area contributed by atoms with Gasteiger partial charge in [0.25, 0.3) is 0 Å². The Morgan fingerprint density at radius 1 is 1.24 bits per heavy atom. The monoisotopic (exact) mass is 349 g/mol. The summed E-state index contributed by atoms with van der Waals surface area (Å²) in [5.41, 5.74) is 0.0698. The number of rotatable bonds is 9. The van der Waals surface area contributed by atoms with Gasteiger partial charge in [0.1, 0.15) is 5.75 Å². The Morgan fingerprint density at radius 3 is 2.40 bits per heavy atom. The maximum atomic E-state index is 12.5. The second kappa shape index (κ2) is 9.84. The first kappa shape index (κ1) is 20.7. The third-order valence-electron chi connectivity index (χ3n) is 3.76. The van der Waals surface area contributed by atoms with E-state index in [1.165, 1.54) is 18.1 Å². The summed E-state index contributed by atoms with van der Waals surface area (Å²) in [5, 5.41) is 9.55. The molecule has 25 heavy (non-hydrogen) atoms. The van der Waals surface area contributed by atoms with Crippen molar-refractivity contribution >= 4 is 18.0 Å². The molecule has 0 aliphatic carbocycles. The Kier molecular flexibility index (Phi) is 8.15. The van der Waals surface area contributed by atoms with Crippen LogP contribution in [0.5, 0.6) is 5.75 Å². The molecule has 0 aliphatic rings. The highest BCUT2D eigenvalue weighted by molar-refractivity contribution is 5.92. The number of amides is 1. The van der Waals surface area contributed by atoms with E-state index in [1.807, 2.05) is 31.2 Å². The Morgan fingerprint density at radius 2 is 1.88 bits per heavy atom. The Hall–Kier alpha value is -2.34. The van der Waals surface area contributed by atoms with E-state index >= 15 is 0 Å². The van der Waals surface area contributed by atoms with E-state index in [4.69, 9.17) is 4.74 Å². The Labute approximate surface area is 149 Å². The predicted molar refractivity (Wildman–Crippen MR) is 96.2 cm³/mol. The van der Waals surface area contributed by atoms with Crippen LogP contribution in [0, 0.1) is 0 Å². The molecule has 0 aliphatic heterocycles. The first-order valence-electron chi connectivity index (χ1n) is 8.24. The number of ether oxygens (including phenoxy) is 2. The molecular formula is C19H27NO5. The van der Waals surface area contributed by atoms with Gasteiger partial charge in [0.05, 0.1) is 32.3 Å². The normalized spacial score (nSPS) is 11.4. The van der Waals surface area contributed by atoms with Gasteiger partial charge in [-0.05, 0) is 44.5 Å². The highest BCUT2D eigenvalue weighted by Crippen LogP contribution is 2.17. The molecule has 0 aromatic heterocycles. The zero-order valence-corrected chi connectivity index (χ0v) is 15.3. The third-order valence-corrected chi connectivity index (χ3v) is 3.76. The molecule has 0 fully saturated rings. The predicted octanol–water partition coefficient (Wildman–Crippen LogP) is 2.26. The van der Waals surface area contributed by atoms with Crippen LogP contribution in [0.1, 0.15) is 32.8 Å². The molecule has 0 radical (unpaired) electrons. The first-order valence-corrected chi connectivity index (χ1v) is 8.24. The van der Waals surface area contributed by atoms with E-state index in [0.717, 1.165) is 11.3 Å². The fourth-order valence-electron chi connectivity index (χ4n) is 2.20. The number of aliphatic hydroxyl groups excluding tert-OH is 1. The first-order chi connectivity index (χ1) is 11.8. The quantitative estimate of drug-likeness (QED) is 0.547. The van der Waals surface area contributed by atoms with Crippen LogP contribution in [-0.4, -0.2) is 54.3 Å². The van der Waals surface area contributed by atoms with Crippen molar-refractivity contribution in [1.29, 1.82) is 0 Å². The number of carbonyl (C=O) groups is 2. The molecule has 0 saturated carbocycles. The van der Waals surface area contributed by atoms with E-state index in [9.17, 15) is 14.7 Å². The number of hydrogen-bond acceptors (Lipinski definition) is 5. The molecule has 0 saturated heterocycles. The number of aliphatic hydroxyl groups is 1. The number of esters is 1. The summed E-state index contributed by atoms with van der Waals surface area (Å²) in [6.45, 7) is 5.96. The van der Waals surface area contributed by atoms with Crippen molar-refractivity contribution in [2.24, 2.45) is 0 Å². The van der Waals surface area contributed by atoms with Gasteiger partial charge in [0.15, 0.2) is 0 Å². The second-order valence-electron chi connectivity index (χ2n) is 6.12. The summed E-state index contributed by atoms with van der Waals surface area (Å²) in [6, 6.07) is 7.37. The fraction of sp³-hybridized carbons (Fsp3) is 0.474. The number of benzene rings is 1. The fourth-order valence-corrected chi connectivity index (χ4v) is 2.20. The van der Waals surface area contributed by atoms with Gasteiger partial charge in [-0.25, -0.2) is 0 Å². The van der Waals surface area contributed by atoms with Crippen LogP contribution in [0.15, 0.2) is 30.3 Å². The maximum Gasteiger partial charge on any atom is 0.307 e. The van der Waals surface area contributed by atoms with E-state index < -0.39 is 11.5 Å². The molecule has 0 atom stereocenters. The average molecular weight is 349 g/mol. The van der Waals surface area contributed by atoms with Crippen LogP contribution in [0.3, 0.4) is 0 Å².